The summed E-state index contributed by atoms with van der Waals surface area (Å²) < 4.78 is 2.23. The number of hydrogen-bond donors (Lipinski definition) is 1. The summed E-state index contributed by atoms with van der Waals surface area (Å²) in [6, 6.07) is 11.0. The van der Waals surface area contributed by atoms with E-state index in [4.69, 9.17) is 11.6 Å². The highest BCUT2D eigenvalue weighted by atomic mass is 127. The van der Waals surface area contributed by atoms with Crippen LogP contribution >= 0.6 is 45.5 Å². The molecule has 0 saturated carbocycles. The predicted octanol–water partition coefficient (Wildman–Crippen LogP) is 5.60. The second kappa shape index (κ2) is 7.78. The highest BCUT2D eigenvalue weighted by Crippen LogP contribution is 2.29. The van der Waals surface area contributed by atoms with Gasteiger partial charge in [0.15, 0.2) is 0 Å². The minimum Gasteiger partial charge on any atom is -0.310 e. The minimum atomic E-state index is 0.358. The molecule has 1 N–H and O–H groups in total. The highest BCUT2D eigenvalue weighted by Gasteiger charge is 2.16. The van der Waals surface area contributed by atoms with E-state index in [0.717, 1.165) is 23.7 Å². The largest absolute Gasteiger partial charge is 0.310 e. The van der Waals surface area contributed by atoms with Crippen molar-refractivity contribution in [3.63, 3.8) is 0 Å². The van der Waals surface area contributed by atoms with Gasteiger partial charge in [-0.05, 0) is 65.7 Å². The first-order chi connectivity index (χ1) is 9.61. The summed E-state index contributed by atoms with van der Waals surface area (Å²) in [5.74, 6) is 0. The van der Waals surface area contributed by atoms with Gasteiger partial charge in [0.25, 0.3) is 0 Å². The van der Waals surface area contributed by atoms with Crippen LogP contribution in [0.5, 0.6) is 0 Å². The zero-order chi connectivity index (χ0) is 14.5. The second-order valence-corrected chi connectivity index (χ2v) is 7.77. The van der Waals surface area contributed by atoms with Gasteiger partial charge in [0.2, 0.25) is 0 Å². The SMILES string of the molecule is CCCNC(Cc1ccc(Cl)s1)c1cccc(C)c1I. The number of aryl methyl sites for hydroxylation is 1. The smallest absolute Gasteiger partial charge is 0.0931 e. The topological polar surface area (TPSA) is 12.0 Å². The quantitative estimate of drug-likeness (QED) is 0.601. The molecule has 0 fully saturated rings. The Morgan fingerprint density at radius 1 is 1.30 bits per heavy atom. The lowest BCUT2D eigenvalue weighted by atomic mass is 10.0. The molecule has 1 unspecified atom stereocenters. The third kappa shape index (κ3) is 4.20. The van der Waals surface area contributed by atoms with Crippen LogP contribution in [0.2, 0.25) is 4.34 Å². The van der Waals surface area contributed by atoms with E-state index in [2.05, 4.69) is 66.0 Å². The summed E-state index contributed by atoms with van der Waals surface area (Å²) >= 11 is 10.2. The van der Waals surface area contributed by atoms with E-state index in [9.17, 15) is 0 Å². The molecule has 1 heterocycles. The Bertz CT molecular complexity index is 567. The molecule has 1 atom stereocenters. The monoisotopic (exact) mass is 419 g/mol. The molecule has 1 aromatic carbocycles. The lowest BCUT2D eigenvalue weighted by Crippen LogP contribution is -2.24. The zero-order valence-electron chi connectivity index (χ0n) is 11.7. The first-order valence-corrected chi connectivity index (χ1v) is 9.11. The number of benzene rings is 1. The standard InChI is InChI=1S/C16H19ClINS/c1-3-9-19-14(10-12-7-8-15(17)20-12)13-6-4-5-11(2)16(13)18/h4-8,14,19H,3,9-10H2,1-2H3. The maximum absolute atomic E-state index is 6.05. The molecule has 0 aliphatic rings. The van der Waals surface area contributed by atoms with E-state index in [1.165, 1.54) is 19.6 Å². The molecule has 108 valence electrons. The Labute approximate surface area is 143 Å². The maximum atomic E-state index is 6.05. The molecule has 0 bridgehead atoms. The van der Waals surface area contributed by atoms with Crippen molar-refractivity contribution in [3.05, 3.63) is 54.2 Å². The van der Waals surface area contributed by atoms with Crippen molar-refractivity contribution in [3.8, 4) is 0 Å². The molecule has 1 nitrogen and oxygen atoms in total. The molecule has 0 amide bonds. The number of nitrogens with one attached hydrogen (secondary N) is 1. The lowest BCUT2D eigenvalue weighted by molar-refractivity contribution is 0.530. The number of hydrogen-bond acceptors (Lipinski definition) is 2. The summed E-state index contributed by atoms with van der Waals surface area (Å²) in [4.78, 5) is 1.33. The van der Waals surface area contributed by atoms with Gasteiger partial charge >= 0.3 is 0 Å². The van der Waals surface area contributed by atoms with Crippen LogP contribution in [-0.4, -0.2) is 6.54 Å². The van der Waals surface area contributed by atoms with Crippen molar-refractivity contribution < 1.29 is 0 Å². The van der Waals surface area contributed by atoms with E-state index in [0.29, 0.717) is 6.04 Å². The fourth-order valence-corrected chi connectivity index (χ4v) is 4.08. The molecule has 1 aromatic heterocycles. The van der Waals surface area contributed by atoms with Gasteiger partial charge in [-0.2, -0.15) is 0 Å². The fourth-order valence-electron chi connectivity index (χ4n) is 2.21. The fraction of sp³-hybridized carbons (Fsp3) is 0.375. The molecule has 2 aromatic rings. The summed E-state index contributed by atoms with van der Waals surface area (Å²) in [6.45, 7) is 5.41. The van der Waals surface area contributed by atoms with E-state index in [1.54, 1.807) is 11.3 Å². The third-order valence-electron chi connectivity index (χ3n) is 3.27. The summed E-state index contributed by atoms with van der Waals surface area (Å²) in [5.41, 5.74) is 2.74. The number of halogens is 2. The number of thiophene rings is 1. The molecule has 0 aliphatic heterocycles. The van der Waals surface area contributed by atoms with E-state index in [-0.39, 0.29) is 0 Å². The van der Waals surface area contributed by atoms with Crippen LogP contribution in [0.25, 0.3) is 0 Å². The molecule has 0 aliphatic carbocycles. The Morgan fingerprint density at radius 2 is 2.10 bits per heavy atom. The summed E-state index contributed by atoms with van der Waals surface area (Å²) in [5, 5.41) is 3.67. The van der Waals surface area contributed by atoms with Crippen LogP contribution in [0.1, 0.15) is 35.4 Å². The molecular weight excluding hydrogens is 401 g/mol. The van der Waals surface area contributed by atoms with Crippen LogP contribution < -0.4 is 5.32 Å². The molecule has 4 heteroatoms. The van der Waals surface area contributed by atoms with Crippen LogP contribution in [0, 0.1) is 10.5 Å². The molecular formula is C16H19ClINS. The van der Waals surface area contributed by atoms with Crippen molar-refractivity contribution in [2.24, 2.45) is 0 Å². The van der Waals surface area contributed by atoms with Crippen LogP contribution in [0.15, 0.2) is 30.3 Å². The van der Waals surface area contributed by atoms with Crippen molar-refractivity contribution >= 4 is 45.5 Å². The molecule has 0 radical (unpaired) electrons. The first kappa shape index (κ1) is 16.3. The highest BCUT2D eigenvalue weighted by molar-refractivity contribution is 14.1. The molecule has 2 rings (SSSR count). The average molecular weight is 420 g/mol. The molecule has 20 heavy (non-hydrogen) atoms. The second-order valence-electron chi connectivity index (χ2n) is 4.89. The van der Waals surface area contributed by atoms with Gasteiger partial charge in [-0.15, -0.1) is 11.3 Å². The minimum absolute atomic E-state index is 0.358. The Morgan fingerprint density at radius 3 is 2.75 bits per heavy atom. The Balaban J connectivity index is 2.24. The van der Waals surface area contributed by atoms with Crippen LogP contribution in [0.4, 0.5) is 0 Å². The summed E-state index contributed by atoms with van der Waals surface area (Å²) in [7, 11) is 0. The molecule has 0 spiro atoms. The van der Waals surface area contributed by atoms with Crippen molar-refractivity contribution in [2.45, 2.75) is 32.7 Å². The van der Waals surface area contributed by atoms with Gasteiger partial charge in [-0.3, -0.25) is 0 Å². The van der Waals surface area contributed by atoms with Gasteiger partial charge in [-0.1, -0.05) is 36.7 Å². The average Bonchev–Trinajstić information content (AvgIpc) is 2.83. The van der Waals surface area contributed by atoms with E-state index in [1.807, 2.05) is 6.07 Å². The Kier molecular flexibility index (Phi) is 6.33. The van der Waals surface area contributed by atoms with Crippen molar-refractivity contribution in [1.82, 2.24) is 5.32 Å². The van der Waals surface area contributed by atoms with Gasteiger partial charge in [-0.25, -0.2) is 0 Å². The maximum Gasteiger partial charge on any atom is 0.0931 e. The lowest BCUT2D eigenvalue weighted by Gasteiger charge is -2.20. The van der Waals surface area contributed by atoms with E-state index >= 15 is 0 Å². The van der Waals surface area contributed by atoms with Gasteiger partial charge in [0, 0.05) is 20.9 Å². The number of rotatable bonds is 6. The zero-order valence-corrected chi connectivity index (χ0v) is 15.5. The van der Waals surface area contributed by atoms with Gasteiger partial charge in [0.1, 0.15) is 0 Å². The first-order valence-electron chi connectivity index (χ1n) is 6.84. The van der Waals surface area contributed by atoms with Crippen LogP contribution in [-0.2, 0) is 6.42 Å². The molecule has 0 saturated heterocycles. The van der Waals surface area contributed by atoms with Crippen molar-refractivity contribution in [2.75, 3.05) is 6.54 Å². The van der Waals surface area contributed by atoms with Crippen molar-refractivity contribution in [1.29, 1.82) is 0 Å². The van der Waals surface area contributed by atoms with Crippen LogP contribution in [0.3, 0.4) is 0 Å². The van der Waals surface area contributed by atoms with Gasteiger partial charge < -0.3 is 5.32 Å². The normalized spacial score (nSPS) is 12.6. The Hall–Kier alpha value is -0.100. The van der Waals surface area contributed by atoms with E-state index < -0.39 is 0 Å². The third-order valence-corrected chi connectivity index (χ3v) is 6.00. The summed E-state index contributed by atoms with van der Waals surface area (Å²) in [6.07, 6.45) is 2.14. The van der Waals surface area contributed by atoms with Gasteiger partial charge in [0.05, 0.1) is 4.34 Å². The predicted molar refractivity (Wildman–Crippen MR) is 98.0 cm³/mol.